The highest BCUT2D eigenvalue weighted by Crippen LogP contribution is 2.21. The average molecular weight is 267 g/mol. The van der Waals surface area contributed by atoms with Gasteiger partial charge >= 0.3 is 0 Å². The first-order chi connectivity index (χ1) is 9.06. The van der Waals surface area contributed by atoms with E-state index in [-0.39, 0.29) is 11.9 Å². The summed E-state index contributed by atoms with van der Waals surface area (Å²) in [7, 11) is 0. The minimum absolute atomic E-state index is 0.0300. The zero-order chi connectivity index (χ0) is 13.8. The van der Waals surface area contributed by atoms with Crippen LogP contribution < -0.4 is 10.6 Å². The number of piperidine rings is 1. The fourth-order valence-corrected chi connectivity index (χ4v) is 2.73. The monoisotopic (exact) mass is 267 g/mol. The highest BCUT2D eigenvalue weighted by Gasteiger charge is 2.30. The molecule has 1 aliphatic heterocycles. The fraction of sp³-hybridized carbons (Fsp3) is 0.933. The summed E-state index contributed by atoms with van der Waals surface area (Å²) in [5.41, 5.74) is 0. The van der Waals surface area contributed by atoms with Gasteiger partial charge in [0.1, 0.15) is 0 Å². The Morgan fingerprint density at radius 1 is 1.26 bits per heavy atom. The maximum atomic E-state index is 12.1. The number of rotatable bonds is 6. The van der Waals surface area contributed by atoms with Gasteiger partial charge in [-0.25, -0.2) is 0 Å². The molecule has 1 aliphatic carbocycles. The van der Waals surface area contributed by atoms with Crippen LogP contribution in [0.25, 0.3) is 0 Å². The third kappa shape index (κ3) is 4.77. The maximum absolute atomic E-state index is 12.1. The zero-order valence-electron chi connectivity index (χ0n) is 12.6. The Hall–Kier alpha value is -0.610. The molecule has 1 saturated carbocycles. The van der Waals surface area contributed by atoms with E-state index in [2.05, 4.69) is 36.3 Å². The molecule has 2 rings (SSSR count). The lowest BCUT2D eigenvalue weighted by Crippen LogP contribution is -2.50. The van der Waals surface area contributed by atoms with E-state index < -0.39 is 0 Å². The van der Waals surface area contributed by atoms with Gasteiger partial charge in [-0.2, -0.15) is 0 Å². The highest BCUT2D eigenvalue weighted by atomic mass is 16.2. The van der Waals surface area contributed by atoms with Gasteiger partial charge in [0.05, 0.1) is 6.04 Å². The molecule has 19 heavy (non-hydrogen) atoms. The van der Waals surface area contributed by atoms with Crippen LogP contribution in [-0.4, -0.2) is 48.6 Å². The minimum atomic E-state index is 0.0300. The van der Waals surface area contributed by atoms with Crippen molar-refractivity contribution in [1.29, 1.82) is 0 Å². The van der Waals surface area contributed by atoms with Crippen molar-refractivity contribution in [3.05, 3.63) is 0 Å². The van der Waals surface area contributed by atoms with Crippen molar-refractivity contribution < 1.29 is 4.79 Å². The fourth-order valence-electron chi connectivity index (χ4n) is 2.73. The van der Waals surface area contributed by atoms with Crippen LogP contribution in [0.2, 0.25) is 0 Å². The smallest absolute Gasteiger partial charge is 0.237 e. The van der Waals surface area contributed by atoms with Gasteiger partial charge < -0.3 is 10.6 Å². The second-order valence-corrected chi connectivity index (χ2v) is 6.52. The standard InChI is InChI=1S/C15H29N3O/c1-11(2)16-9-13-5-4-8-18(10-13)12(3)15(19)17-14-6-7-14/h11-14,16H,4-10H2,1-3H3,(H,17,19). The number of nitrogens with zero attached hydrogens (tertiary/aromatic N) is 1. The predicted molar refractivity (Wildman–Crippen MR) is 78.1 cm³/mol. The third-order valence-corrected chi connectivity index (χ3v) is 4.22. The third-order valence-electron chi connectivity index (χ3n) is 4.22. The van der Waals surface area contributed by atoms with Crippen LogP contribution in [0, 0.1) is 5.92 Å². The summed E-state index contributed by atoms with van der Waals surface area (Å²) < 4.78 is 0. The van der Waals surface area contributed by atoms with E-state index >= 15 is 0 Å². The topological polar surface area (TPSA) is 44.4 Å². The van der Waals surface area contributed by atoms with Crippen molar-refractivity contribution in [2.75, 3.05) is 19.6 Å². The molecular formula is C15H29N3O. The van der Waals surface area contributed by atoms with Crippen molar-refractivity contribution in [2.24, 2.45) is 5.92 Å². The van der Waals surface area contributed by atoms with E-state index in [0.717, 1.165) is 19.6 Å². The van der Waals surface area contributed by atoms with E-state index in [0.29, 0.717) is 18.0 Å². The van der Waals surface area contributed by atoms with Crippen molar-refractivity contribution >= 4 is 5.91 Å². The molecule has 2 fully saturated rings. The van der Waals surface area contributed by atoms with Gasteiger partial charge in [-0.05, 0) is 51.6 Å². The summed E-state index contributed by atoms with van der Waals surface area (Å²) >= 11 is 0. The number of nitrogens with one attached hydrogen (secondary N) is 2. The molecule has 2 atom stereocenters. The van der Waals surface area contributed by atoms with Gasteiger partial charge in [-0.3, -0.25) is 9.69 Å². The SMILES string of the molecule is CC(C)NCC1CCCN(C(C)C(=O)NC2CC2)C1. The second kappa shape index (κ2) is 6.71. The van der Waals surface area contributed by atoms with Crippen LogP contribution in [0.5, 0.6) is 0 Å². The molecule has 1 saturated heterocycles. The molecule has 110 valence electrons. The maximum Gasteiger partial charge on any atom is 0.237 e. The quantitative estimate of drug-likeness (QED) is 0.764. The number of amides is 1. The van der Waals surface area contributed by atoms with Crippen LogP contribution in [0.1, 0.15) is 46.5 Å². The number of hydrogen-bond acceptors (Lipinski definition) is 3. The first-order valence-electron chi connectivity index (χ1n) is 7.84. The van der Waals surface area contributed by atoms with Gasteiger partial charge in [0.2, 0.25) is 5.91 Å². The first kappa shape index (κ1) is 14.8. The first-order valence-corrected chi connectivity index (χ1v) is 7.84. The highest BCUT2D eigenvalue weighted by molar-refractivity contribution is 5.81. The van der Waals surface area contributed by atoms with Crippen molar-refractivity contribution in [1.82, 2.24) is 15.5 Å². The van der Waals surface area contributed by atoms with Crippen LogP contribution in [0.4, 0.5) is 0 Å². The summed E-state index contributed by atoms with van der Waals surface area (Å²) in [6.07, 6.45) is 4.83. The van der Waals surface area contributed by atoms with Gasteiger partial charge in [0.15, 0.2) is 0 Å². The van der Waals surface area contributed by atoms with Crippen LogP contribution in [0.3, 0.4) is 0 Å². The van der Waals surface area contributed by atoms with Crippen LogP contribution >= 0.6 is 0 Å². The molecule has 0 aromatic carbocycles. The molecule has 2 aliphatic rings. The normalized spacial score (nSPS) is 26.4. The van der Waals surface area contributed by atoms with Crippen LogP contribution in [0.15, 0.2) is 0 Å². The summed E-state index contributed by atoms with van der Waals surface area (Å²) in [6.45, 7) is 9.62. The van der Waals surface area contributed by atoms with Gasteiger partial charge in [0, 0.05) is 18.6 Å². The summed E-state index contributed by atoms with van der Waals surface area (Å²) in [4.78, 5) is 14.5. The molecule has 4 nitrogen and oxygen atoms in total. The minimum Gasteiger partial charge on any atom is -0.352 e. The molecule has 0 bridgehead atoms. The molecular weight excluding hydrogens is 238 g/mol. The van der Waals surface area contributed by atoms with Crippen molar-refractivity contribution in [3.63, 3.8) is 0 Å². The molecule has 0 spiro atoms. The Balaban J connectivity index is 1.76. The summed E-state index contributed by atoms with van der Waals surface area (Å²) in [5.74, 6) is 0.910. The molecule has 0 aromatic rings. The van der Waals surface area contributed by atoms with Gasteiger partial charge in [-0.1, -0.05) is 13.8 Å². The molecule has 1 amide bonds. The Labute approximate surface area is 117 Å². The van der Waals surface area contributed by atoms with Crippen molar-refractivity contribution in [2.45, 2.75) is 64.6 Å². The lowest BCUT2D eigenvalue weighted by molar-refractivity contribution is -0.126. The predicted octanol–water partition coefficient (Wildman–Crippen LogP) is 1.36. The van der Waals surface area contributed by atoms with E-state index in [1.165, 1.54) is 25.7 Å². The van der Waals surface area contributed by atoms with Crippen LogP contribution in [-0.2, 0) is 4.79 Å². The van der Waals surface area contributed by atoms with Gasteiger partial charge in [-0.15, -0.1) is 0 Å². The zero-order valence-corrected chi connectivity index (χ0v) is 12.6. The number of carbonyl (C=O) groups excluding carboxylic acids is 1. The Morgan fingerprint density at radius 3 is 2.63 bits per heavy atom. The lowest BCUT2D eigenvalue weighted by Gasteiger charge is -2.36. The molecule has 4 heteroatoms. The summed E-state index contributed by atoms with van der Waals surface area (Å²) in [6, 6.07) is 1.05. The van der Waals surface area contributed by atoms with Crippen molar-refractivity contribution in [3.8, 4) is 0 Å². The Kier molecular flexibility index (Phi) is 5.22. The van der Waals surface area contributed by atoms with E-state index in [4.69, 9.17) is 0 Å². The number of hydrogen-bond donors (Lipinski definition) is 2. The largest absolute Gasteiger partial charge is 0.352 e. The molecule has 2 unspecified atom stereocenters. The Morgan fingerprint density at radius 2 is 2.00 bits per heavy atom. The molecule has 0 radical (unpaired) electrons. The average Bonchev–Trinajstić information content (AvgIpc) is 3.19. The number of carbonyl (C=O) groups is 1. The second-order valence-electron chi connectivity index (χ2n) is 6.52. The molecule has 1 heterocycles. The van der Waals surface area contributed by atoms with Gasteiger partial charge in [0.25, 0.3) is 0 Å². The van der Waals surface area contributed by atoms with E-state index in [1.807, 2.05) is 0 Å². The Bertz CT molecular complexity index is 302. The van der Waals surface area contributed by atoms with E-state index in [9.17, 15) is 4.79 Å². The van der Waals surface area contributed by atoms with E-state index in [1.54, 1.807) is 0 Å². The molecule has 0 aromatic heterocycles. The number of likely N-dealkylation sites (tertiary alicyclic amines) is 1. The lowest BCUT2D eigenvalue weighted by atomic mass is 9.96. The molecule has 2 N–H and O–H groups in total. The summed E-state index contributed by atoms with van der Waals surface area (Å²) in [5, 5.41) is 6.64.